The van der Waals surface area contributed by atoms with Crippen LogP contribution < -0.4 is 0 Å². The molecule has 0 aliphatic carbocycles. The minimum absolute atomic E-state index is 0.611. The Hall–Kier alpha value is -0.570. The van der Waals surface area contributed by atoms with Crippen molar-refractivity contribution in [3.05, 3.63) is 0 Å². The largest absolute Gasteiger partial charge is 0.396 e. The highest BCUT2D eigenvalue weighted by molar-refractivity contribution is 5.81. The molecule has 3 nitrogen and oxygen atoms in total. The summed E-state index contributed by atoms with van der Waals surface area (Å²) in [5, 5.41) is 4.14. The molecule has 0 N–H and O–H groups in total. The molecule has 96 valence electrons. The molecule has 0 radical (unpaired) electrons. The van der Waals surface area contributed by atoms with Crippen molar-refractivity contribution in [3.8, 4) is 0 Å². The van der Waals surface area contributed by atoms with Gasteiger partial charge in [0, 0.05) is 13.0 Å². The van der Waals surface area contributed by atoms with Gasteiger partial charge in [-0.1, -0.05) is 32.3 Å². The fourth-order valence-electron chi connectivity index (χ4n) is 1.41. The first-order valence-corrected chi connectivity index (χ1v) is 6.44. The molecule has 0 aromatic carbocycles. The highest BCUT2D eigenvalue weighted by atomic mass is 16.6. The van der Waals surface area contributed by atoms with Gasteiger partial charge in [-0.2, -0.15) is 0 Å². The Morgan fingerprint density at radius 2 is 2.06 bits per heavy atom. The molecular weight excluding hydrogens is 200 g/mol. The van der Waals surface area contributed by atoms with Crippen LogP contribution in [0.2, 0.25) is 0 Å². The molecule has 1 unspecified atom stereocenters. The van der Waals surface area contributed by atoms with Crippen LogP contribution in [0.1, 0.15) is 47.0 Å². The summed E-state index contributed by atoms with van der Waals surface area (Å²) < 4.78 is 0. The number of nitrogens with zero attached hydrogens (tertiary/aromatic N) is 2. The standard InChI is InChI=1S/C13H28N2O/c1-6-8-12(3)11-16-14-13(4)9-10-15(5)7-2/h12H,6-11H2,1-5H3/b14-13-. The van der Waals surface area contributed by atoms with Gasteiger partial charge < -0.3 is 9.74 Å². The van der Waals surface area contributed by atoms with E-state index in [1.807, 2.05) is 6.92 Å². The zero-order valence-electron chi connectivity index (χ0n) is 11.6. The molecular formula is C13H28N2O. The van der Waals surface area contributed by atoms with Gasteiger partial charge in [-0.05, 0) is 32.9 Å². The van der Waals surface area contributed by atoms with E-state index in [0.717, 1.165) is 31.8 Å². The molecule has 1 atom stereocenters. The zero-order chi connectivity index (χ0) is 12.4. The minimum Gasteiger partial charge on any atom is -0.396 e. The second-order valence-electron chi connectivity index (χ2n) is 4.66. The molecule has 3 heteroatoms. The molecule has 0 rings (SSSR count). The topological polar surface area (TPSA) is 24.8 Å². The third-order valence-corrected chi connectivity index (χ3v) is 2.76. The van der Waals surface area contributed by atoms with Crippen molar-refractivity contribution in [3.63, 3.8) is 0 Å². The summed E-state index contributed by atoms with van der Waals surface area (Å²) in [4.78, 5) is 7.62. The van der Waals surface area contributed by atoms with Crippen LogP contribution in [0.15, 0.2) is 5.16 Å². The smallest absolute Gasteiger partial charge is 0.119 e. The lowest BCUT2D eigenvalue weighted by atomic mass is 10.1. The molecule has 16 heavy (non-hydrogen) atoms. The van der Waals surface area contributed by atoms with E-state index >= 15 is 0 Å². The molecule has 0 heterocycles. The van der Waals surface area contributed by atoms with Crippen molar-refractivity contribution in [2.45, 2.75) is 47.0 Å². The van der Waals surface area contributed by atoms with Gasteiger partial charge in [0.1, 0.15) is 6.61 Å². The van der Waals surface area contributed by atoms with Crippen LogP contribution in [0.5, 0.6) is 0 Å². The van der Waals surface area contributed by atoms with E-state index in [0.29, 0.717) is 5.92 Å². The van der Waals surface area contributed by atoms with Crippen LogP contribution in [0.4, 0.5) is 0 Å². The van der Waals surface area contributed by atoms with Gasteiger partial charge in [-0.25, -0.2) is 0 Å². The van der Waals surface area contributed by atoms with Gasteiger partial charge >= 0.3 is 0 Å². The van der Waals surface area contributed by atoms with Crippen molar-refractivity contribution in [2.75, 3.05) is 26.7 Å². The van der Waals surface area contributed by atoms with E-state index in [1.165, 1.54) is 12.8 Å². The second-order valence-corrected chi connectivity index (χ2v) is 4.66. The van der Waals surface area contributed by atoms with Gasteiger partial charge in [-0.15, -0.1) is 0 Å². The molecule has 0 amide bonds. The predicted molar refractivity (Wildman–Crippen MR) is 70.9 cm³/mol. The van der Waals surface area contributed by atoms with E-state index in [2.05, 4.69) is 37.9 Å². The lowest BCUT2D eigenvalue weighted by Crippen LogP contribution is -2.20. The SMILES string of the molecule is CCCC(C)CO/N=C(/C)CCN(C)CC. The number of rotatable bonds is 9. The zero-order valence-corrected chi connectivity index (χ0v) is 11.6. The number of hydrogen-bond donors (Lipinski definition) is 0. The molecule has 0 fully saturated rings. The number of oxime groups is 1. The number of hydrogen-bond acceptors (Lipinski definition) is 3. The van der Waals surface area contributed by atoms with Crippen LogP contribution >= 0.6 is 0 Å². The third kappa shape index (κ3) is 8.72. The lowest BCUT2D eigenvalue weighted by Gasteiger charge is -2.13. The Labute approximate surface area is 101 Å². The summed E-state index contributed by atoms with van der Waals surface area (Å²) in [5.74, 6) is 0.611. The molecule has 0 aromatic rings. The van der Waals surface area contributed by atoms with E-state index < -0.39 is 0 Å². The average molecular weight is 228 g/mol. The van der Waals surface area contributed by atoms with Gasteiger partial charge in [0.2, 0.25) is 0 Å². The maximum absolute atomic E-state index is 5.35. The van der Waals surface area contributed by atoms with Crippen molar-refractivity contribution in [1.82, 2.24) is 4.90 Å². The van der Waals surface area contributed by atoms with E-state index in [4.69, 9.17) is 4.84 Å². The predicted octanol–water partition coefficient (Wildman–Crippen LogP) is 3.16. The van der Waals surface area contributed by atoms with Crippen LogP contribution in [0.3, 0.4) is 0 Å². The normalized spacial score (nSPS) is 14.2. The molecule has 0 aromatic heterocycles. The van der Waals surface area contributed by atoms with Crippen LogP contribution in [0.25, 0.3) is 0 Å². The maximum Gasteiger partial charge on any atom is 0.119 e. The van der Waals surface area contributed by atoms with E-state index in [1.54, 1.807) is 0 Å². The Bertz CT molecular complexity index is 192. The van der Waals surface area contributed by atoms with Crippen molar-refractivity contribution < 1.29 is 4.84 Å². The highest BCUT2D eigenvalue weighted by Crippen LogP contribution is 2.05. The van der Waals surface area contributed by atoms with E-state index in [9.17, 15) is 0 Å². The quantitative estimate of drug-likeness (QED) is 0.447. The van der Waals surface area contributed by atoms with Gasteiger partial charge in [0.05, 0.1) is 5.71 Å². The van der Waals surface area contributed by atoms with Crippen molar-refractivity contribution in [2.24, 2.45) is 11.1 Å². The van der Waals surface area contributed by atoms with Crippen molar-refractivity contribution >= 4 is 5.71 Å². The fraction of sp³-hybridized carbons (Fsp3) is 0.923. The Morgan fingerprint density at radius 3 is 2.62 bits per heavy atom. The van der Waals surface area contributed by atoms with Gasteiger partial charge in [-0.3, -0.25) is 0 Å². The highest BCUT2D eigenvalue weighted by Gasteiger charge is 2.01. The fourth-order valence-corrected chi connectivity index (χ4v) is 1.41. The van der Waals surface area contributed by atoms with Crippen LogP contribution in [-0.4, -0.2) is 37.4 Å². The molecule has 0 bridgehead atoms. The summed E-state index contributed by atoms with van der Waals surface area (Å²) in [5.41, 5.74) is 1.09. The van der Waals surface area contributed by atoms with Crippen LogP contribution in [-0.2, 0) is 4.84 Å². The molecule has 0 spiro atoms. The Balaban J connectivity index is 3.62. The first-order chi connectivity index (χ1) is 7.60. The van der Waals surface area contributed by atoms with Crippen molar-refractivity contribution in [1.29, 1.82) is 0 Å². The third-order valence-electron chi connectivity index (χ3n) is 2.76. The first kappa shape index (κ1) is 15.4. The van der Waals surface area contributed by atoms with Gasteiger partial charge in [0.15, 0.2) is 0 Å². The summed E-state index contributed by atoms with van der Waals surface area (Å²) in [6.07, 6.45) is 3.42. The monoisotopic (exact) mass is 228 g/mol. The maximum atomic E-state index is 5.35. The summed E-state index contributed by atoms with van der Waals surface area (Å²) in [6, 6.07) is 0. The lowest BCUT2D eigenvalue weighted by molar-refractivity contribution is 0.109. The van der Waals surface area contributed by atoms with E-state index in [-0.39, 0.29) is 0 Å². The first-order valence-electron chi connectivity index (χ1n) is 6.44. The molecule has 0 aliphatic rings. The average Bonchev–Trinajstić information content (AvgIpc) is 2.26. The van der Waals surface area contributed by atoms with Gasteiger partial charge in [0.25, 0.3) is 0 Å². The minimum atomic E-state index is 0.611. The van der Waals surface area contributed by atoms with Crippen LogP contribution in [0, 0.1) is 5.92 Å². The Morgan fingerprint density at radius 1 is 1.38 bits per heavy atom. The molecule has 0 saturated heterocycles. The molecule has 0 saturated carbocycles. The second kappa shape index (κ2) is 9.64. The molecule has 0 aliphatic heterocycles. The summed E-state index contributed by atoms with van der Waals surface area (Å²) in [6.45, 7) is 11.5. The summed E-state index contributed by atoms with van der Waals surface area (Å²) in [7, 11) is 2.12. The Kier molecular flexibility index (Phi) is 9.30. The summed E-state index contributed by atoms with van der Waals surface area (Å²) >= 11 is 0.